The van der Waals surface area contributed by atoms with Crippen LogP contribution >= 0.6 is 11.8 Å². The Morgan fingerprint density at radius 2 is 1.52 bits per heavy atom. The molecule has 0 amide bonds. The van der Waals surface area contributed by atoms with Crippen molar-refractivity contribution in [1.29, 1.82) is 0 Å². The number of rotatable bonds is 4. The molecule has 0 aliphatic carbocycles. The van der Waals surface area contributed by atoms with E-state index in [2.05, 4.69) is 46.8 Å². The quantitative estimate of drug-likeness (QED) is 0.272. The van der Waals surface area contributed by atoms with Gasteiger partial charge in [-0.05, 0) is 65.8 Å². The summed E-state index contributed by atoms with van der Waals surface area (Å²) in [4.78, 5) is 18.2. The third-order valence-electron chi connectivity index (χ3n) is 5.67. The number of aromatic nitrogens is 2. The molecule has 3 nitrogen and oxygen atoms in total. The first-order chi connectivity index (χ1) is 14.8. The van der Waals surface area contributed by atoms with Crippen molar-refractivity contribution in [2.45, 2.75) is 50.9 Å². The predicted octanol–water partition coefficient (Wildman–Crippen LogP) is 6.59. The Balaban J connectivity index is 1.78. The van der Waals surface area contributed by atoms with E-state index in [-0.39, 0.29) is 11.0 Å². The second-order valence-electron chi connectivity index (χ2n) is 9.01. The van der Waals surface area contributed by atoms with E-state index in [0.717, 1.165) is 17.0 Å². The molecule has 0 aliphatic rings. The van der Waals surface area contributed by atoms with Gasteiger partial charge < -0.3 is 0 Å². The van der Waals surface area contributed by atoms with Crippen LogP contribution in [0.4, 0.5) is 0 Å². The Bertz CT molecular complexity index is 1280. The van der Waals surface area contributed by atoms with E-state index in [1.807, 2.05) is 54.6 Å². The standard InChI is InChI=1S/C27H28N2OS/c1-18-15-20(27(3,4)5)16-19(2)23(18)17-31-26-28-24-14-10-9-13-22(24)25(30)29(26)21-11-7-6-8-12-21/h6-16H,17H2,1-5H3. The molecule has 0 aliphatic heterocycles. The Kier molecular flexibility index (Phi) is 5.76. The molecule has 0 saturated heterocycles. The van der Waals surface area contributed by atoms with E-state index in [1.165, 1.54) is 22.3 Å². The second-order valence-corrected chi connectivity index (χ2v) is 9.96. The third kappa shape index (κ3) is 4.31. The number of nitrogens with zero attached hydrogens (tertiary/aromatic N) is 2. The lowest BCUT2D eigenvalue weighted by Gasteiger charge is -2.22. The topological polar surface area (TPSA) is 34.9 Å². The molecule has 0 spiro atoms. The maximum atomic E-state index is 13.4. The van der Waals surface area contributed by atoms with Crippen LogP contribution in [-0.2, 0) is 11.2 Å². The zero-order chi connectivity index (χ0) is 22.2. The van der Waals surface area contributed by atoms with Gasteiger partial charge in [0.25, 0.3) is 5.56 Å². The van der Waals surface area contributed by atoms with E-state index in [0.29, 0.717) is 10.5 Å². The van der Waals surface area contributed by atoms with Gasteiger partial charge in [0.2, 0.25) is 0 Å². The van der Waals surface area contributed by atoms with Gasteiger partial charge in [0.05, 0.1) is 16.6 Å². The molecule has 1 aromatic heterocycles. The SMILES string of the molecule is Cc1cc(C(C)(C)C)cc(C)c1CSc1nc2ccccc2c(=O)n1-c1ccccc1. The minimum Gasteiger partial charge on any atom is -0.268 e. The molecule has 158 valence electrons. The van der Waals surface area contributed by atoms with E-state index in [9.17, 15) is 4.79 Å². The van der Waals surface area contributed by atoms with Gasteiger partial charge in [-0.25, -0.2) is 4.98 Å². The van der Waals surface area contributed by atoms with Gasteiger partial charge in [0, 0.05) is 5.75 Å². The van der Waals surface area contributed by atoms with E-state index < -0.39 is 0 Å². The summed E-state index contributed by atoms with van der Waals surface area (Å²) in [5.74, 6) is 0.764. The molecule has 0 saturated carbocycles. The van der Waals surface area contributed by atoms with E-state index in [1.54, 1.807) is 16.3 Å². The van der Waals surface area contributed by atoms with Gasteiger partial charge in [-0.2, -0.15) is 0 Å². The highest BCUT2D eigenvalue weighted by Gasteiger charge is 2.18. The summed E-state index contributed by atoms with van der Waals surface area (Å²) in [7, 11) is 0. The Hall–Kier alpha value is -2.85. The summed E-state index contributed by atoms with van der Waals surface area (Å²) in [6.45, 7) is 11.1. The number of hydrogen-bond donors (Lipinski definition) is 0. The van der Waals surface area contributed by atoms with Crippen LogP contribution in [0.15, 0.2) is 76.7 Å². The largest absolute Gasteiger partial charge is 0.268 e. The predicted molar refractivity (Wildman–Crippen MR) is 132 cm³/mol. The zero-order valence-electron chi connectivity index (χ0n) is 18.8. The number of benzene rings is 3. The molecule has 0 unspecified atom stereocenters. The van der Waals surface area contributed by atoms with Gasteiger partial charge in [-0.3, -0.25) is 9.36 Å². The Morgan fingerprint density at radius 3 is 2.16 bits per heavy atom. The number of aryl methyl sites for hydroxylation is 2. The lowest BCUT2D eigenvalue weighted by Crippen LogP contribution is -2.21. The van der Waals surface area contributed by atoms with Crippen molar-refractivity contribution in [3.05, 3.63) is 99.3 Å². The van der Waals surface area contributed by atoms with Crippen molar-refractivity contribution in [2.75, 3.05) is 0 Å². The minimum atomic E-state index is -0.0316. The van der Waals surface area contributed by atoms with E-state index in [4.69, 9.17) is 4.98 Å². The average molecular weight is 429 g/mol. The lowest BCUT2D eigenvalue weighted by molar-refractivity contribution is 0.589. The smallest absolute Gasteiger partial charge is 0.266 e. The average Bonchev–Trinajstić information content (AvgIpc) is 2.73. The van der Waals surface area contributed by atoms with Crippen molar-refractivity contribution in [2.24, 2.45) is 0 Å². The molecule has 4 aromatic rings. The van der Waals surface area contributed by atoms with Crippen molar-refractivity contribution in [1.82, 2.24) is 9.55 Å². The fraction of sp³-hybridized carbons (Fsp3) is 0.259. The summed E-state index contributed by atoms with van der Waals surface area (Å²) in [5.41, 5.74) is 6.88. The fourth-order valence-corrected chi connectivity index (χ4v) is 5.01. The molecule has 4 heteroatoms. The van der Waals surface area contributed by atoms with Crippen molar-refractivity contribution in [3.8, 4) is 5.69 Å². The van der Waals surface area contributed by atoms with Gasteiger partial charge in [-0.15, -0.1) is 0 Å². The number of hydrogen-bond acceptors (Lipinski definition) is 3. The Morgan fingerprint density at radius 1 is 0.903 bits per heavy atom. The fourth-order valence-electron chi connectivity index (χ4n) is 3.80. The van der Waals surface area contributed by atoms with Crippen molar-refractivity contribution in [3.63, 3.8) is 0 Å². The van der Waals surface area contributed by atoms with Crippen LogP contribution in [0.5, 0.6) is 0 Å². The molecule has 0 fully saturated rings. The van der Waals surface area contributed by atoms with Crippen LogP contribution in [-0.4, -0.2) is 9.55 Å². The molecule has 31 heavy (non-hydrogen) atoms. The molecule has 0 N–H and O–H groups in total. The van der Waals surface area contributed by atoms with Gasteiger partial charge >= 0.3 is 0 Å². The van der Waals surface area contributed by atoms with E-state index >= 15 is 0 Å². The maximum absolute atomic E-state index is 13.4. The first kappa shape index (κ1) is 21.4. The minimum absolute atomic E-state index is 0.0316. The normalized spacial score (nSPS) is 11.8. The van der Waals surface area contributed by atoms with Crippen molar-refractivity contribution < 1.29 is 0 Å². The van der Waals surface area contributed by atoms with Crippen LogP contribution in [0.1, 0.15) is 43.0 Å². The zero-order valence-corrected chi connectivity index (χ0v) is 19.6. The second kappa shape index (κ2) is 8.35. The molecule has 4 rings (SSSR count). The molecule has 0 atom stereocenters. The highest BCUT2D eigenvalue weighted by molar-refractivity contribution is 7.98. The first-order valence-corrected chi connectivity index (χ1v) is 11.5. The summed E-state index contributed by atoms with van der Waals surface area (Å²) in [5, 5.41) is 1.35. The van der Waals surface area contributed by atoms with Gasteiger partial charge in [0.15, 0.2) is 5.16 Å². The third-order valence-corrected chi connectivity index (χ3v) is 6.63. The van der Waals surface area contributed by atoms with Crippen LogP contribution in [0.2, 0.25) is 0 Å². The molecular formula is C27H28N2OS. The first-order valence-electron chi connectivity index (χ1n) is 10.6. The molecule has 1 heterocycles. The van der Waals surface area contributed by atoms with Crippen LogP contribution in [0.25, 0.3) is 16.6 Å². The van der Waals surface area contributed by atoms with Crippen molar-refractivity contribution >= 4 is 22.7 Å². The highest BCUT2D eigenvalue weighted by Crippen LogP contribution is 2.31. The van der Waals surface area contributed by atoms with Gasteiger partial charge in [0.1, 0.15) is 0 Å². The number of fused-ring (bicyclic) bond motifs is 1. The summed E-state index contributed by atoms with van der Waals surface area (Å²) in [6, 6.07) is 21.9. The monoisotopic (exact) mass is 428 g/mol. The van der Waals surface area contributed by atoms with Gasteiger partial charge in [-0.1, -0.05) is 75.0 Å². The summed E-state index contributed by atoms with van der Waals surface area (Å²) < 4.78 is 1.74. The maximum Gasteiger partial charge on any atom is 0.266 e. The Labute approximate surface area is 188 Å². The molecule has 0 bridgehead atoms. The summed E-state index contributed by atoms with van der Waals surface area (Å²) in [6.07, 6.45) is 0. The summed E-state index contributed by atoms with van der Waals surface area (Å²) >= 11 is 1.62. The molecular weight excluding hydrogens is 400 g/mol. The number of para-hydroxylation sites is 2. The lowest BCUT2D eigenvalue weighted by atomic mass is 9.84. The van der Waals surface area contributed by atoms with Crippen LogP contribution < -0.4 is 5.56 Å². The van der Waals surface area contributed by atoms with Crippen LogP contribution in [0.3, 0.4) is 0 Å². The molecule has 3 aromatic carbocycles. The molecule has 0 radical (unpaired) electrons. The highest BCUT2D eigenvalue weighted by atomic mass is 32.2. The number of thioether (sulfide) groups is 1. The van der Waals surface area contributed by atoms with Crippen LogP contribution in [0, 0.1) is 13.8 Å².